The summed E-state index contributed by atoms with van der Waals surface area (Å²) in [6.45, 7) is 3.03. The van der Waals surface area contributed by atoms with Gasteiger partial charge in [-0.3, -0.25) is 0 Å². The molecule has 21 heavy (non-hydrogen) atoms. The van der Waals surface area contributed by atoms with Gasteiger partial charge in [0, 0.05) is 27.2 Å². The Kier molecular flexibility index (Phi) is 7.18. The molecule has 118 valence electrons. The van der Waals surface area contributed by atoms with Crippen LogP contribution >= 0.6 is 0 Å². The average Bonchev–Trinajstić information content (AvgIpc) is 2.47. The van der Waals surface area contributed by atoms with E-state index >= 15 is 0 Å². The number of hydrogen-bond acceptors (Lipinski definition) is 3. The Morgan fingerprint density at radius 2 is 1.86 bits per heavy atom. The highest BCUT2D eigenvalue weighted by molar-refractivity contribution is 7.89. The van der Waals surface area contributed by atoms with E-state index in [2.05, 4.69) is 15.0 Å². The van der Waals surface area contributed by atoms with Crippen molar-refractivity contribution in [2.75, 3.05) is 32.9 Å². The van der Waals surface area contributed by atoms with Crippen LogP contribution in [0.1, 0.15) is 12.5 Å². The van der Waals surface area contributed by atoms with Crippen LogP contribution in [0.5, 0.6) is 0 Å². The van der Waals surface area contributed by atoms with Gasteiger partial charge < -0.3 is 10.2 Å². The molecule has 0 aliphatic rings. The predicted molar refractivity (Wildman–Crippen MR) is 86.7 cm³/mol. The van der Waals surface area contributed by atoms with E-state index in [1.54, 1.807) is 6.92 Å². The molecule has 0 amide bonds. The summed E-state index contributed by atoms with van der Waals surface area (Å²) in [6.07, 6.45) is 0. The summed E-state index contributed by atoms with van der Waals surface area (Å²) in [5, 5.41) is 3.14. The number of hydrogen-bond donors (Lipinski definition) is 2. The molecule has 1 rings (SSSR count). The van der Waals surface area contributed by atoms with Gasteiger partial charge in [-0.15, -0.1) is 0 Å². The Labute approximate surface area is 127 Å². The van der Waals surface area contributed by atoms with Gasteiger partial charge in [0.25, 0.3) is 0 Å². The Morgan fingerprint density at radius 1 is 1.19 bits per heavy atom. The van der Waals surface area contributed by atoms with Gasteiger partial charge >= 0.3 is 0 Å². The maximum absolute atomic E-state index is 11.3. The maximum Gasteiger partial charge on any atom is 0.211 e. The lowest BCUT2D eigenvalue weighted by Gasteiger charge is -2.17. The van der Waals surface area contributed by atoms with Crippen molar-refractivity contribution in [3.05, 3.63) is 35.9 Å². The van der Waals surface area contributed by atoms with Gasteiger partial charge in [0.15, 0.2) is 5.96 Å². The predicted octanol–water partition coefficient (Wildman–Crippen LogP) is 0.633. The largest absolute Gasteiger partial charge is 0.355 e. The smallest absolute Gasteiger partial charge is 0.211 e. The summed E-state index contributed by atoms with van der Waals surface area (Å²) in [5.41, 5.74) is 1.13. The molecule has 1 aromatic rings. The molecule has 0 bridgehead atoms. The van der Waals surface area contributed by atoms with Crippen LogP contribution in [-0.4, -0.2) is 52.2 Å². The molecule has 6 nitrogen and oxygen atoms in total. The monoisotopic (exact) mass is 312 g/mol. The molecule has 0 aliphatic heterocycles. The molecule has 0 unspecified atom stereocenters. The normalized spacial score (nSPS) is 12.2. The Morgan fingerprint density at radius 3 is 2.43 bits per heavy atom. The van der Waals surface area contributed by atoms with Crippen LogP contribution in [0.3, 0.4) is 0 Å². The number of benzene rings is 1. The first-order valence-corrected chi connectivity index (χ1v) is 8.56. The van der Waals surface area contributed by atoms with Gasteiger partial charge in [-0.2, -0.15) is 0 Å². The zero-order valence-corrected chi connectivity index (χ0v) is 13.7. The number of nitrogens with one attached hydrogen (secondary N) is 2. The molecule has 0 radical (unpaired) electrons. The zero-order chi connectivity index (χ0) is 15.7. The molecule has 0 fully saturated rings. The second-order valence-electron chi connectivity index (χ2n) is 4.74. The second kappa shape index (κ2) is 8.63. The highest BCUT2D eigenvalue weighted by Crippen LogP contribution is 2.00. The van der Waals surface area contributed by atoms with Gasteiger partial charge in [-0.25, -0.2) is 18.1 Å². The quantitative estimate of drug-likeness (QED) is 0.440. The molecule has 0 spiro atoms. The highest BCUT2D eigenvalue weighted by atomic mass is 32.2. The number of guanidine groups is 1. The van der Waals surface area contributed by atoms with Crippen molar-refractivity contribution in [3.8, 4) is 0 Å². The molecule has 0 saturated carbocycles. The molecule has 0 saturated heterocycles. The fourth-order valence-corrected chi connectivity index (χ4v) is 2.21. The lowest BCUT2D eigenvalue weighted by atomic mass is 10.2. The number of nitrogens with zero attached hydrogens (tertiary/aromatic N) is 2. The van der Waals surface area contributed by atoms with E-state index in [0.29, 0.717) is 19.6 Å². The van der Waals surface area contributed by atoms with E-state index < -0.39 is 10.0 Å². The number of aliphatic imine (C=N–C) groups is 1. The van der Waals surface area contributed by atoms with Crippen molar-refractivity contribution in [1.82, 2.24) is 14.9 Å². The van der Waals surface area contributed by atoms with E-state index in [1.165, 1.54) is 0 Å². The van der Waals surface area contributed by atoms with E-state index in [0.717, 1.165) is 11.5 Å². The first-order chi connectivity index (χ1) is 9.94. The third-order valence-corrected chi connectivity index (χ3v) is 4.19. The van der Waals surface area contributed by atoms with Crippen LogP contribution in [-0.2, 0) is 16.6 Å². The van der Waals surface area contributed by atoms with Crippen molar-refractivity contribution < 1.29 is 8.42 Å². The third kappa shape index (κ3) is 7.10. The van der Waals surface area contributed by atoms with Crippen molar-refractivity contribution in [2.24, 2.45) is 4.99 Å². The van der Waals surface area contributed by atoms with Crippen molar-refractivity contribution in [1.29, 1.82) is 0 Å². The summed E-state index contributed by atoms with van der Waals surface area (Å²) in [5.74, 6) is 0.824. The van der Waals surface area contributed by atoms with Gasteiger partial charge in [-0.05, 0) is 12.5 Å². The van der Waals surface area contributed by atoms with Crippen LogP contribution in [0, 0.1) is 0 Å². The van der Waals surface area contributed by atoms with Crippen LogP contribution in [0.4, 0.5) is 0 Å². The van der Waals surface area contributed by atoms with Crippen molar-refractivity contribution >= 4 is 16.0 Å². The molecule has 1 aromatic carbocycles. The Hall–Kier alpha value is -1.60. The first-order valence-electron chi connectivity index (χ1n) is 6.91. The SMILES string of the molecule is CCS(=O)(=O)NCCNC(=NCc1ccccc1)N(C)C. The molecule has 0 heterocycles. The lowest BCUT2D eigenvalue weighted by Crippen LogP contribution is -2.41. The van der Waals surface area contributed by atoms with Crippen molar-refractivity contribution in [2.45, 2.75) is 13.5 Å². The standard InChI is InChI=1S/C14H24N4O2S/c1-4-21(19,20)17-11-10-15-14(18(2)3)16-12-13-8-6-5-7-9-13/h5-9,17H,4,10-12H2,1-3H3,(H,15,16). The zero-order valence-electron chi connectivity index (χ0n) is 12.8. The Bertz CT molecular complexity index is 541. The lowest BCUT2D eigenvalue weighted by molar-refractivity contribution is 0.568. The third-order valence-electron chi connectivity index (χ3n) is 2.79. The van der Waals surface area contributed by atoms with Crippen LogP contribution < -0.4 is 10.0 Å². The van der Waals surface area contributed by atoms with E-state index in [9.17, 15) is 8.42 Å². The Balaban J connectivity index is 2.47. The minimum atomic E-state index is -3.14. The molecule has 0 atom stereocenters. The maximum atomic E-state index is 11.3. The fraction of sp³-hybridized carbons (Fsp3) is 0.500. The molecular formula is C14H24N4O2S. The molecule has 0 aromatic heterocycles. The van der Waals surface area contributed by atoms with Gasteiger partial charge in [-0.1, -0.05) is 30.3 Å². The number of rotatable bonds is 7. The van der Waals surface area contributed by atoms with Crippen LogP contribution in [0.25, 0.3) is 0 Å². The summed E-state index contributed by atoms with van der Waals surface area (Å²) < 4.78 is 25.1. The van der Waals surface area contributed by atoms with Crippen molar-refractivity contribution in [3.63, 3.8) is 0 Å². The van der Waals surface area contributed by atoms with E-state index in [1.807, 2.05) is 49.3 Å². The van der Waals surface area contributed by atoms with Gasteiger partial charge in [0.1, 0.15) is 0 Å². The minimum Gasteiger partial charge on any atom is -0.355 e. The summed E-state index contributed by atoms with van der Waals surface area (Å²) in [7, 11) is 0.655. The molecule has 2 N–H and O–H groups in total. The number of sulfonamides is 1. The van der Waals surface area contributed by atoms with E-state index in [-0.39, 0.29) is 5.75 Å². The highest BCUT2D eigenvalue weighted by Gasteiger charge is 2.06. The minimum absolute atomic E-state index is 0.0929. The van der Waals surface area contributed by atoms with Crippen LogP contribution in [0.2, 0.25) is 0 Å². The van der Waals surface area contributed by atoms with E-state index in [4.69, 9.17) is 0 Å². The van der Waals surface area contributed by atoms with Gasteiger partial charge in [0.05, 0.1) is 12.3 Å². The summed E-state index contributed by atoms with van der Waals surface area (Å²) in [6, 6.07) is 9.97. The fourth-order valence-electron chi connectivity index (χ4n) is 1.59. The summed E-state index contributed by atoms with van der Waals surface area (Å²) >= 11 is 0. The molecule has 0 aliphatic carbocycles. The topological polar surface area (TPSA) is 73.8 Å². The second-order valence-corrected chi connectivity index (χ2v) is 6.84. The van der Waals surface area contributed by atoms with Crippen LogP contribution in [0.15, 0.2) is 35.3 Å². The average molecular weight is 312 g/mol. The van der Waals surface area contributed by atoms with Gasteiger partial charge in [0.2, 0.25) is 10.0 Å². The first kappa shape index (κ1) is 17.5. The molecular weight excluding hydrogens is 288 g/mol. The summed E-state index contributed by atoms with van der Waals surface area (Å²) in [4.78, 5) is 6.37. The molecule has 7 heteroatoms.